The lowest BCUT2D eigenvalue weighted by Gasteiger charge is -2.10. The van der Waals surface area contributed by atoms with Gasteiger partial charge in [0.2, 0.25) is 5.91 Å². The Balaban J connectivity index is 1.51. The molecular formula is C22H18FN3O2. The molecule has 0 bridgehead atoms. The summed E-state index contributed by atoms with van der Waals surface area (Å²) in [5.74, 6) is -0.109. The van der Waals surface area contributed by atoms with E-state index < -0.39 is 0 Å². The van der Waals surface area contributed by atoms with Gasteiger partial charge >= 0.3 is 0 Å². The maximum absolute atomic E-state index is 13.2. The average Bonchev–Trinajstić information content (AvgIpc) is 2.71. The summed E-state index contributed by atoms with van der Waals surface area (Å²) in [4.78, 5) is 12.1. The largest absolute Gasteiger partial charge is 0.489 e. The lowest BCUT2D eigenvalue weighted by atomic mass is 10.2. The number of carbonyl (C=O) groups is 1. The molecule has 6 heteroatoms. The lowest BCUT2D eigenvalue weighted by Crippen LogP contribution is -2.21. The Labute approximate surface area is 162 Å². The van der Waals surface area contributed by atoms with Gasteiger partial charge in [0.05, 0.1) is 18.2 Å². The van der Waals surface area contributed by atoms with Gasteiger partial charge in [-0.3, -0.25) is 4.79 Å². The van der Waals surface area contributed by atoms with Crippen LogP contribution < -0.4 is 15.4 Å². The summed E-state index contributed by atoms with van der Waals surface area (Å²) in [5.41, 5.74) is 2.81. The number of ether oxygens (including phenoxy) is 1. The van der Waals surface area contributed by atoms with Crippen LogP contribution in [0.15, 0.2) is 72.8 Å². The van der Waals surface area contributed by atoms with Gasteiger partial charge in [0.25, 0.3) is 0 Å². The Morgan fingerprint density at radius 3 is 2.54 bits per heavy atom. The molecule has 0 fully saturated rings. The van der Waals surface area contributed by atoms with E-state index in [0.29, 0.717) is 17.0 Å². The molecule has 0 saturated heterocycles. The van der Waals surface area contributed by atoms with Crippen molar-refractivity contribution in [3.63, 3.8) is 0 Å². The van der Waals surface area contributed by atoms with Crippen molar-refractivity contribution in [1.29, 1.82) is 5.26 Å². The fraction of sp³-hybridized carbons (Fsp3) is 0.0909. The Hall–Kier alpha value is -3.85. The van der Waals surface area contributed by atoms with Crippen LogP contribution in [0.4, 0.5) is 15.8 Å². The molecule has 3 rings (SSSR count). The molecule has 5 nitrogen and oxygen atoms in total. The first-order valence-electron chi connectivity index (χ1n) is 8.63. The zero-order valence-corrected chi connectivity index (χ0v) is 15.0. The van der Waals surface area contributed by atoms with E-state index >= 15 is 0 Å². The molecule has 0 heterocycles. The molecule has 0 atom stereocenters. The van der Waals surface area contributed by atoms with Gasteiger partial charge in [0.1, 0.15) is 18.2 Å². The molecule has 3 aromatic rings. The van der Waals surface area contributed by atoms with Gasteiger partial charge in [0.15, 0.2) is 0 Å². The second-order valence-electron chi connectivity index (χ2n) is 6.04. The number of anilines is 2. The molecule has 0 spiro atoms. The van der Waals surface area contributed by atoms with E-state index in [1.165, 1.54) is 12.1 Å². The lowest BCUT2D eigenvalue weighted by molar-refractivity contribution is -0.114. The van der Waals surface area contributed by atoms with Crippen LogP contribution in [0.5, 0.6) is 5.75 Å². The SMILES string of the molecule is N#Cc1ccc(NCC(=O)Nc2cccc(COc3cccc(F)c3)c2)cc1. The van der Waals surface area contributed by atoms with Crippen LogP contribution in [0.25, 0.3) is 0 Å². The number of hydrogen-bond donors (Lipinski definition) is 2. The molecule has 0 unspecified atom stereocenters. The maximum Gasteiger partial charge on any atom is 0.243 e. The highest BCUT2D eigenvalue weighted by Gasteiger charge is 2.04. The van der Waals surface area contributed by atoms with Crippen LogP contribution in [0.2, 0.25) is 0 Å². The molecule has 2 N–H and O–H groups in total. The average molecular weight is 375 g/mol. The molecule has 28 heavy (non-hydrogen) atoms. The van der Waals surface area contributed by atoms with E-state index in [9.17, 15) is 9.18 Å². The number of carbonyl (C=O) groups excluding carboxylic acids is 1. The third-order valence-corrected chi connectivity index (χ3v) is 3.88. The van der Waals surface area contributed by atoms with E-state index in [1.807, 2.05) is 18.2 Å². The van der Waals surface area contributed by atoms with E-state index in [4.69, 9.17) is 10.00 Å². The number of amides is 1. The van der Waals surface area contributed by atoms with Gasteiger partial charge in [-0.1, -0.05) is 18.2 Å². The predicted octanol–water partition coefficient (Wildman–Crippen LogP) is 4.33. The number of nitriles is 1. The smallest absolute Gasteiger partial charge is 0.243 e. The fourth-order valence-electron chi connectivity index (χ4n) is 2.51. The van der Waals surface area contributed by atoms with Crippen LogP contribution in [0.1, 0.15) is 11.1 Å². The second kappa shape index (κ2) is 9.19. The zero-order valence-electron chi connectivity index (χ0n) is 15.0. The van der Waals surface area contributed by atoms with Crippen LogP contribution in [0, 0.1) is 17.1 Å². The van der Waals surface area contributed by atoms with Gasteiger partial charge < -0.3 is 15.4 Å². The van der Waals surface area contributed by atoms with Gasteiger partial charge in [-0.15, -0.1) is 0 Å². The van der Waals surface area contributed by atoms with Gasteiger partial charge in [-0.2, -0.15) is 5.26 Å². The van der Waals surface area contributed by atoms with Crippen LogP contribution in [-0.2, 0) is 11.4 Å². The van der Waals surface area contributed by atoms with E-state index in [0.717, 1.165) is 11.3 Å². The summed E-state index contributed by atoms with van der Waals surface area (Å²) < 4.78 is 18.8. The standard InChI is InChI=1S/C22H18FN3O2/c23-18-4-2-6-21(12-18)28-15-17-3-1-5-20(11-17)26-22(27)14-25-19-9-7-16(13-24)8-10-19/h1-12,25H,14-15H2,(H,26,27). The van der Waals surface area contributed by atoms with Crippen LogP contribution >= 0.6 is 0 Å². The summed E-state index contributed by atoms with van der Waals surface area (Å²) in [6, 6.07) is 22.1. The third-order valence-electron chi connectivity index (χ3n) is 3.88. The van der Waals surface area contributed by atoms with Crippen molar-refractivity contribution >= 4 is 17.3 Å². The predicted molar refractivity (Wildman–Crippen MR) is 105 cm³/mol. The first-order valence-corrected chi connectivity index (χ1v) is 8.63. The molecule has 3 aromatic carbocycles. The van der Waals surface area contributed by atoms with Gasteiger partial charge in [-0.25, -0.2) is 4.39 Å². The molecule has 0 radical (unpaired) electrons. The number of nitrogens with one attached hydrogen (secondary N) is 2. The quantitative estimate of drug-likeness (QED) is 0.645. The number of benzene rings is 3. The number of hydrogen-bond acceptors (Lipinski definition) is 4. The number of rotatable bonds is 7. The Morgan fingerprint density at radius 2 is 1.79 bits per heavy atom. The minimum atomic E-state index is -0.353. The molecular weight excluding hydrogens is 357 g/mol. The van der Waals surface area contributed by atoms with Crippen molar-refractivity contribution in [3.05, 3.63) is 89.7 Å². The third kappa shape index (κ3) is 5.58. The number of nitrogens with zero attached hydrogens (tertiary/aromatic N) is 1. The van der Waals surface area contributed by atoms with Crippen molar-refractivity contribution in [2.45, 2.75) is 6.61 Å². The van der Waals surface area contributed by atoms with Crippen molar-refractivity contribution in [3.8, 4) is 11.8 Å². The topological polar surface area (TPSA) is 74.2 Å². The minimum Gasteiger partial charge on any atom is -0.489 e. The molecule has 0 aliphatic rings. The summed E-state index contributed by atoms with van der Waals surface area (Å²) >= 11 is 0. The molecule has 1 amide bonds. The van der Waals surface area contributed by atoms with E-state index in [1.54, 1.807) is 48.5 Å². The van der Waals surface area contributed by atoms with Crippen molar-refractivity contribution in [2.24, 2.45) is 0 Å². The maximum atomic E-state index is 13.2. The highest BCUT2D eigenvalue weighted by atomic mass is 19.1. The second-order valence-corrected chi connectivity index (χ2v) is 6.04. The summed E-state index contributed by atoms with van der Waals surface area (Å²) in [6.07, 6.45) is 0. The highest BCUT2D eigenvalue weighted by molar-refractivity contribution is 5.93. The van der Waals surface area contributed by atoms with Crippen LogP contribution in [-0.4, -0.2) is 12.5 Å². The molecule has 0 aliphatic heterocycles. The van der Waals surface area contributed by atoms with Gasteiger partial charge in [0, 0.05) is 17.4 Å². The monoisotopic (exact) mass is 375 g/mol. The molecule has 0 aliphatic carbocycles. The zero-order chi connectivity index (χ0) is 19.8. The van der Waals surface area contributed by atoms with Crippen molar-refractivity contribution in [1.82, 2.24) is 0 Å². The normalized spacial score (nSPS) is 10.0. The summed E-state index contributed by atoms with van der Waals surface area (Å²) in [5, 5.41) is 14.6. The molecule has 140 valence electrons. The van der Waals surface area contributed by atoms with Crippen LogP contribution in [0.3, 0.4) is 0 Å². The van der Waals surface area contributed by atoms with Gasteiger partial charge in [-0.05, 0) is 54.1 Å². The Bertz CT molecular complexity index is 997. The molecule has 0 saturated carbocycles. The fourth-order valence-corrected chi connectivity index (χ4v) is 2.51. The Kier molecular flexibility index (Phi) is 6.21. The van der Waals surface area contributed by atoms with E-state index in [2.05, 4.69) is 10.6 Å². The highest BCUT2D eigenvalue weighted by Crippen LogP contribution is 2.16. The summed E-state index contributed by atoms with van der Waals surface area (Å²) in [6.45, 7) is 0.354. The Morgan fingerprint density at radius 1 is 1.00 bits per heavy atom. The first-order chi connectivity index (χ1) is 13.6. The number of halogens is 1. The molecule has 0 aromatic heterocycles. The van der Waals surface area contributed by atoms with Crippen molar-refractivity contribution < 1.29 is 13.9 Å². The van der Waals surface area contributed by atoms with E-state index in [-0.39, 0.29) is 24.9 Å². The first kappa shape index (κ1) is 18.9. The minimum absolute atomic E-state index is 0.0932. The summed E-state index contributed by atoms with van der Waals surface area (Å²) in [7, 11) is 0. The van der Waals surface area contributed by atoms with Crippen molar-refractivity contribution in [2.75, 3.05) is 17.2 Å².